The molecule has 1 aromatic carbocycles. The highest BCUT2D eigenvalue weighted by Gasteiger charge is 2.14. The van der Waals surface area contributed by atoms with Crippen molar-refractivity contribution in [3.05, 3.63) is 33.8 Å². The van der Waals surface area contributed by atoms with Gasteiger partial charge in [-0.2, -0.15) is 0 Å². The smallest absolute Gasteiger partial charge is 0.337 e. The molecule has 0 radical (unpaired) electrons. The van der Waals surface area contributed by atoms with Gasteiger partial charge in [0.05, 0.1) is 19.3 Å². The van der Waals surface area contributed by atoms with Crippen LogP contribution in [0.1, 0.15) is 29.8 Å². The largest absolute Gasteiger partial charge is 0.465 e. The summed E-state index contributed by atoms with van der Waals surface area (Å²) in [7, 11) is 1.34. The Hall–Kier alpha value is -1.40. The number of esters is 2. The van der Waals surface area contributed by atoms with Gasteiger partial charge in [-0.1, -0.05) is 22.0 Å². The summed E-state index contributed by atoms with van der Waals surface area (Å²) in [5.41, 5.74) is 1.41. The first kappa shape index (κ1) is 16.7. The van der Waals surface area contributed by atoms with E-state index in [-0.39, 0.29) is 18.0 Å². The van der Waals surface area contributed by atoms with Crippen molar-refractivity contribution in [2.45, 2.75) is 26.4 Å². The molecule has 1 rings (SSSR count). The van der Waals surface area contributed by atoms with Crippen molar-refractivity contribution >= 4 is 27.9 Å². The average Bonchev–Trinajstić information content (AvgIpc) is 2.44. The van der Waals surface area contributed by atoms with E-state index in [2.05, 4.69) is 26.0 Å². The molecule has 1 N–H and O–H groups in total. The maximum absolute atomic E-state index is 11.5. The number of benzene rings is 1. The van der Waals surface area contributed by atoms with Gasteiger partial charge >= 0.3 is 11.9 Å². The molecule has 1 unspecified atom stereocenters. The second-order valence-electron chi connectivity index (χ2n) is 4.15. The lowest BCUT2D eigenvalue weighted by molar-refractivity contribution is -0.145. The van der Waals surface area contributed by atoms with E-state index in [1.54, 1.807) is 32.0 Å². The molecular formula is C14H18BrNO4. The number of rotatable bonds is 6. The maximum Gasteiger partial charge on any atom is 0.337 e. The summed E-state index contributed by atoms with van der Waals surface area (Å²) < 4.78 is 10.3. The highest BCUT2D eigenvalue weighted by atomic mass is 79.9. The Morgan fingerprint density at radius 2 is 2.10 bits per heavy atom. The Bertz CT molecular complexity index is 490. The Labute approximate surface area is 126 Å². The number of methoxy groups -OCH3 is 1. The van der Waals surface area contributed by atoms with Crippen LogP contribution in [0.4, 0.5) is 0 Å². The quantitative estimate of drug-likeness (QED) is 0.802. The summed E-state index contributed by atoms with van der Waals surface area (Å²) in [6, 6.07) is 4.80. The third-order valence-electron chi connectivity index (χ3n) is 2.71. The zero-order chi connectivity index (χ0) is 15.1. The zero-order valence-corrected chi connectivity index (χ0v) is 13.3. The van der Waals surface area contributed by atoms with Crippen LogP contribution in [-0.4, -0.2) is 31.7 Å². The van der Waals surface area contributed by atoms with Crippen LogP contribution < -0.4 is 5.32 Å². The van der Waals surface area contributed by atoms with Crippen LogP contribution >= 0.6 is 15.9 Å². The lowest BCUT2D eigenvalue weighted by Gasteiger charge is -2.13. The van der Waals surface area contributed by atoms with E-state index < -0.39 is 0 Å². The van der Waals surface area contributed by atoms with Crippen LogP contribution in [-0.2, 0) is 20.8 Å². The maximum atomic E-state index is 11.5. The Morgan fingerprint density at radius 3 is 2.65 bits per heavy atom. The molecule has 6 heteroatoms. The second kappa shape index (κ2) is 8.01. The number of hydrogen-bond acceptors (Lipinski definition) is 5. The van der Waals surface area contributed by atoms with Crippen LogP contribution in [0.15, 0.2) is 22.7 Å². The predicted octanol–water partition coefficient (Wildman–Crippen LogP) is 2.28. The minimum absolute atomic E-state index is 0.283. The molecule has 110 valence electrons. The van der Waals surface area contributed by atoms with Gasteiger partial charge < -0.3 is 14.8 Å². The molecule has 0 amide bonds. The molecule has 0 aliphatic carbocycles. The van der Waals surface area contributed by atoms with Crippen molar-refractivity contribution in [3.8, 4) is 0 Å². The van der Waals surface area contributed by atoms with Gasteiger partial charge in [-0.25, -0.2) is 4.79 Å². The normalized spacial score (nSPS) is 11.8. The molecule has 0 saturated carbocycles. The number of hydrogen-bond donors (Lipinski definition) is 1. The lowest BCUT2D eigenvalue weighted by atomic mass is 10.1. The van der Waals surface area contributed by atoms with Gasteiger partial charge in [-0.3, -0.25) is 4.79 Å². The first-order valence-electron chi connectivity index (χ1n) is 6.26. The average molecular weight is 344 g/mol. The molecule has 0 aliphatic heterocycles. The third kappa shape index (κ3) is 4.61. The lowest BCUT2D eigenvalue weighted by Crippen LogP contribution is -2.35. The van der Waals surface area contributed by atoms with E-state index in [9.17, 15) is 9.59 Å². The van der Waals surface area contributed by atoms with E-state index in [1.807, 2.05) is 0 Å². The zero-order valence-electron chi connectivity index (χ0n) is 11.7. The molecule has 0 spiro atoms. The fourth-order valence-electron chi connectivity index (χ4n) is 1.55. The fourth-order valence-corrected chi connectivity index (χ4v) is 2.07. The van der Waals surface area contributed by atoms with Crippen molar-refractivity contribution in [2.75, 3.05) is 13.7 Å². The molecule has 0 saturated heterocycles. The molecule has 20 heavy (non-hydrogen) atoms. The second-order valence-corrected chi connectivity index (χ2v) is 5.01. The molecule has 5 nitrogen and oxygen atoms in total. The molecule has 0 heterocycles. The van der Waals surface area contributed by atoms with Crippen LogP contribution in [0.5, 0.6) is 0 Å². The standard InChI is InChI=1S/C14H18BrNO4/c1-4-20-13(17)9(2)16-8-11-6-5-10(7-12(11)15)14(18)19-3/h5-7,9,16H,4,8H2,1-3H3. The topological polar surface area (TPSA) is 64.6 Å². The van der Waals surface area contributed by atoms with Gasteiger partial charge in [0.1, 0.15) is 6.04 Å². The number of carbonyl (C=O) groups excluding carboxylic acids is 2. The van der Waals surface area contributed by atoms with Gasteiger partial charge in [0.15, 0.2) is 0 Å². The first-order valence-corrected chi connectivity index (χ1v) is 7.05. The van der Waals surface area contributed by atoms with Gasteiger partial charge in [0.25, 0.3) is 0 Å². The van der Waals surface area contributed by atoms with Crippen molar-refractivity contribution in [1.82, 2.24) is 5.32 Å². The number of ether oxygens (including phenoxy) is 2. The minimum Gasteiger partial charge on any atom is -0.465 e. The highest BCUT2D eigenvalue weighted by molar-refractivity contribution is 9.10. The number of nitrogens with one attached hydrogen (secondary N) is 1. The summed E-state index contributed by atoms with van der Waals surface area (Å²) >= 11 is 3.40. The van der Waals surface area contributed by atoms with Gasteiger partial charge in [0.2, 0.25) is 0 Å². The summed E-state index contributed by atoms with van der Waals surface area (Å²) in [4.78, 5) is 22.9. The van der Waals surface area contributed by atoms with Crippen molar-refractivity contribution in [3.63, 3.8) is 0 Å². The van der Waals surface area contributed by atoms with E-state index in [0.717, 1.165) is 10.0 Å². The Kier molecular flexibility index (Phi) is 6.67. The third-order valence-corrected chi connectivity index (χ3v) is 3.45. The molecule has 0 fully saturated rings. The predicted molar refractivity (Wildman–Crippen MR) is 78.4 cm³/mol. The monoisotopic (exact) mass is 343 g/mol. The van der Waals surface area contributed by atoms with E-state index in [0.29, 0.717) is 18.7 Å². The Morgan fingerprint density at radius 1 is 1.40 bits per heavy atom. The fraction of sp³-hybridized carbons (Fsp3) is 0.429. The highest BCUT2D eigenvalue weighted by Crippen LogP contribution is 2.19. The summed E-state index contributed by atoms with van der Waals surface area (Å²) in [6.07, 6.45) is 0. The molecule has 0 aliphatic rings. The summed E-state index contributed by atoms with van der Waals surface area (Å²) in [5, 5.41) is 3.07. The van der Waals surface area contributed by atoms with E-state index in [4.69, 9.17) is 4.74 Å². The van der Waals surface area contributed by atoms with Crippen LogP contribution in [0.3, 0.4) is 0 Å². The number of carbonyl (C=O) groups is 2. The van der Waals surface area contributed by atoms with Crippen molar-refractivity contribution < 1.29 is 19.1 Å². The summed E-state index contributed by atoms with van der Waals surface area (Å²) in [5.74, 6) is -0.667. The molecule has 1 aromatic rings. The van der Waals surface area contributed by atoms with E-state index in [1.165, 1.54) is 7.11 Å². The van der Waals surface area contributed by atoms with Gasteiger partial charge in [-0.05, 0) is 31.5 Å². The molecule has 0 aromatic heterocycles. The SMILES string of the molecule is CCOC(=O)C(C)NCc1ccc(C(=O)OC)cc1Br. The van der Waals surface area contributed by atoms with Crippen LogP contribution in [0, 0.1) is 0 Å². The van der Waals surface area contributed by atoms with Crippen LogP contribution in [0.2, 0.25) is 0 Å². The first-order chi connectivity index (χ1) is 9.49. The van der Waals surface area contributed by atoms with Crippen molar-refractivity contribution in [2.24, 2.45) is 0 Å². The Balaban J connectivity index is 2.65. The molecule has 1 atom stereocenters. The molecular weight excluding hydrogens is 326 g/mol. The summed E-state index contributed by atoms with van der Waals surface area (Å²) in [6.45, 7) is 4.37. The molecule has 0 bridgehead atoms. The minimum atomic E-state index is -0.387. The van der Waals surface area contributed by atoms with E-state index >= 15 is 0 Å². The van der Waals surface area contributed by atoms with Gasteiger partial charge in [-0.15, -0.1) is 0 Å². The van der Waals surface area contributed by atoms with Gasteiger partial charge in [0, 0.05) is 11.0 Å². The van der Waals surface area contributed by atoms with Crippen LogP contribution in [0.25, 0.3) is 0 Å². The number of halogens is 1. The van der Waals surface area contributed by atoms with Crippen molar-refractivity contribution in [1.29, 1.82) is 0 Å².